The van der Waals surface area contributed by atoms with Gasteiger partial charge in [-0.25, -0.2) is 13.4 Å². The molecule has 1 saturated heterocycles. The van der Waals surface area contributed by atoms with Crippen molar-refractivity contribution in [2.24, 2.45) is 0 Å². The van der Waals surface area contributed by atoms with Crippen molar-refractivity contribution in [3.05, 3.63) is 12.3 Å². The van der Waals surface area contributed by atoms with Crippen LogP contribution in [-0.4, -0.2) is 38.0 Å². The van der Waals surface area contributed by atoms with Gasteiger partial charge in [0, 0.05) is 17.9 Å². The van der Waals surface area contributed by atoms with Crippen molar-refractivity contribution >= 4 is 28.2 Å². The van der Waals surface area contributed by atoms with Gasteiger partial charge in [-0.2, -0.15) is 0 Å². The molecule has 0 bridgehead atoms. The molecule has 1 aromatic heterocycles. The Morgan fingerprint density at radius 1 is 1.20 bits per heavy atom. The Hall–Kier alpha value is -1.12. The molecule has 110 valence electrons. The van der Waals surface area contributed by atoms with Crippen molar-refractivity contribution in [3.8, 4) is 0 Å². The van der Waals surface area contributed by atoms with Crippen LogP contribution in [-0.2, 0) is 19.1 Å². The van der Waals surface area contributed by atoms with E-state index >= 15 is 0 Å². The lowest BCUT2D eigenvalue weighted by molar-refractivity contribution is 0.00578. The molecule has 6 nitrogen and oxygen atoms in total. The van der Waals surface area contributed by atoms with Crippen LogP contribution in [0.15, 0.2) is 17.2 Å². The Morgan fingerprint density at radius 2 is 1.70 bits per heavy atom. The van der Waals surface area contributed by atoms with Gasteiger partial charge in [-0.3, -0.25) is 0 Å². The van der Waals surface area contributed by atoms with Gasteiger partial charge in [0.1, 0.15) is 10.7 Å². The minimum Gasteiger partial charge on any atom is -0.399 e. The zero-order valence-corrected chi connectivity index (χ0v) is 13.1. The van der Waals surface area contributed by atoms with Crippen LogP contribution in [0.1, 0.15) is 27.7 Å². The average molecular weight is 298 g/mol. The molecule has 1 fully saturated rings. The van der Waals surface area contributed by atoms with Crippen molar-refractivity contribution in [3.63, 3.8) is 0 Å². The third-order valence-electron chi connectivity index (χ3n) is 3.84. The molecule has 0 unspecified atom stereocenters. The Balaban J connectivity index is 2.55. The highest BCUT2D eigenvalue weighted by molar-refractivity contribution is 7.91. The van der Waals surface area contributed by atoms with Crippen LogP contribution in [0.2, 0.25) is 0 Å². The number of hydrogen-bond donors (Lipinski definition) is 1. The first kappa shape index (κ1) is 15.3. The first-order valence-electron chi connectivity index (χ1n) is 6.26. The number of pyridine rings is 1. The van der Waals surface area contributed by atoms with E-state index in [4.69, 9.17) is 15.0 Å². The van der Waals surface area contributed by atoms with Gasteiger partial charge < -0.3 is 15.0 Å². The maximum Gasteiger partial charge on any atom is 0.496 e. The van der Waals surface area contributed by atoms with E-state index in [0.29, 0.717) is 5.46 Å². The van der Waals surface area contributed by atoms with Gasteiger partial charge >= 0.3 is 7.12 Å². The lowest BCUT2D eigenvalue weighted by Gasteiger charge is -2.32. The molecular formula is C12H19BN2O4S. The molecule has 0 amide bonds. The van der Waals surface area contributed by atoms with Gasteiger partial charge in [-0.05, 0) is 33.8 Å². The molecular weight excluding hydrogens is 279 g/mol. The second-order valence-electron chi connectivity index (χ2n) is 5.97. The number of aromatic nitrogens is 1. The van der Waals surface area contributed by atoms with E-state index in [1.807, 2.05) is 27.7 Å². The van der Waals surface area contributed by atoms with Crippen molar-refractivity contribution in [2.75, 3.05) is 12.0 Å². The summed E-state index contributed by atoms with van der Waals surface area (Å²) in [6.45, 7) is 7.60. The summed E-state index contributed by atoms with van der Waals surface area (Å²) in [4.78, 5) is 3.81. The fourth-order valence-electron chi connectivity index (χ4n) is 2.04. The highest BCUT2D eigenvalue weighted by atomic mass is 32.2. The van der Waals surface area contributed by atoms with Crippen LogP contribution in [0.4, 0.5) is 5.82 Å². The molecule has 2 N–H and O–H groups in total. The summed E-state index contributed by atoms with van der Waals surface area (Å²) in [6.07, 6.45) is 2.54. The van der Waals surface area contributed by atoms with E-state index in [-0.39, 0.29) is 10.7 Å². The van der Waals surface area contributed by atoms with E-state index in [1.54, 1.807) is 6.07 Å². The fraction of sp³-hybridized carbons (Fsp3) is 0.583. The van der Waals surface area contributed by atoms with Crippen LogP contribution < -0.4 is 11.2 Å². The number of rotatable bonds is 2. The summed E-state index contributed by atoms with van der Waals surface area (Å²) < 4.78 is 35.6. The number of nitrogens with zero attached hydrogens (tertiary/aromatic N) is 1. The Morgan fingerprint density at radius 3 is 2.15 bits per heavy atom. The standard InChI is InChI=1S/C12H19BN2O4S/c1-11(2)12(3,4)19-13(18-11)8-6-7-15-10(14)9(8)20(5,16)17/h6-7H,1-5H3,(H2,14,15). The summed E-state index contributed by atoms with van der Waals surface area (Å²) in [5.41, 5.74) is 4.99. The molecule has 20 heavy (non-hydrogen) atoms. The molecule has 8 heteroatoms. The molecule has 0 radical (unpaired) electrons. The number of nitrogens with two attached hydrogens (primary N) is 1. The van der Waals surface area contributed by atoms with Gasteiger partial charge in [0.25, 0.3) is 0 Å². The number of nitrogen functional groups attached to an aromatic ring is 1. The monoisotopic (exact) mass is 298 g/mol. The third kappa shape index (κ3) is 2.43. The maximum atomic E-state index is 11.9. The first-order valence-corrected chi connectivity index (χ1v) is 8.15. The average Bonchev–Trinajstić information content (AvgIpc) is 2.46. The topological polar surface area (TPSA) is 91.5 Å². The van der Waals surface area contributed by atoms with Crippen molar-refractivity contribution < 1.29 is 17.7 Å². The minimum absolute atomic E-state index is 0.0292. The smallest absolute Gasteiger partial charge is 0.399 e. The quantitative estimate of drug-likeness (QED) is 0.793. The van der Waals surface area contributed by atoms with Crippen molar-refractivity contribution in [2.45, 2.75) is 43.8 Å². The summed E-state index contributed by atoms with van der Waals surface area (Å²) in [5, 5.41) is 0. The SMILES string of the molecule is CC1(C)OB(c2ccnc(N)c2S(C)(=O)=O)OC1(C)C. The minimum atomic E-state index is -3.52. The summed E-state index contributed by atoms with van der Waals surface area (Å²) in [7, 11) is -4.31. The Kier molecular flexibility index (Phi) is 3.39. The van der Waals surface area contributed by atoms with Crippen molar-refractivity contribution in [1.82, 2.24) is 4.98 Å². The first-order chi connectivity index (χ1) is 8.96. The largest absolute Gasteiger partial charge is 0.496 e. The van der Waals surface area contributed by atoms with E-state index in [2.05, 4.69) is 4.98 Å². The van der Waals surface area contributed by atoms with Crippen molar-refractivity contribution in [1.29, 1.82) is 0 Å². The number of sulfone groups is 1. The summed E-state index contributed by atoms with van der Waals surface area (Å²) in [5.74, 6) is -0.0419. The van der Waals surface area contributed by atoms with Gasteiger partial charge in [-0.1, -0.05) is 0 Å². The lowest BCUT2D eigenvalue weighted by Crippen LogP contribution is -2.41. The molecule has 2 rings (SSSR count). The second kappa shape index (κ2) is 4.44. The Bertz CT molecular complexity index is 627. The zero-order valence-electron chi connectivity index (χ0n) is 12.3. The van der Waals surface area contributed by atoms with Gasteiger partial charge in [-0.15, -0.1) is 0 Å². The fourth-order valence-corrected chi connectivity index (χ4v) is 3.06. The normalized spacial score (nSPS) is 21.1. The molecule has 1 aromatic rings. The van der Waals surface area contributed by atoms with Gasteiger partial charge in [0.2, 0.25) is 0 Å². The highest BCUT2D eigenvalue weighted by Gasteiger charge is 2.52. The second-order valence-corrected chi connectivity index (χ2v) is 7.93. The van der Waals surface area contributed by atoms with Crippen LogP contribution >= 0.6 is 0 Å². The number of anilines is 1. The van der Waals surface area contributed by atoms with Gasteiger partial charge in [0.15, 0.2) is 9.84 Å². The zero-order chi connectivity index (χ0) is 15.3. The third-order valence-corrected chi connectivity index (χ3v) is 5.03. The molecule has 0 atom stereocenters. The molecule has 1 aliphatic heterocycles. The lowest BCUT2D eigenvalue weighted by atomic mass is 9.79. The van der Waals surface area contributed by atoms with E-state index < -0.39 is 28.2 Å². The predicted molar refractivity (Wildman–Crippen MR) is 77.5 cm³/mol. The molecule has 0 aromatic carbocycles. The molecule has 1 aliphatic rings. The number of hydrogen-bond acceptors (Lipinski definition) is 6. The predicted octanol–water partition coefficient (Wildman–Crippen LogP) is 0.367. The van der Waals surface area contributed by atoms with Crippen LogP contribution in [0.3, 0.4) is 0 Å². The highest BCUT2D eigenvalue weighted by Crippen LogP contribution is 2.37. The molecule has 2 heterocycles. The van der Waals surface area contributed by atoms with E-state index in [0.717, 1.165) is 6.26 Å². The summed E-state index contributed by atoms with van der Waals surface area (Å²) in [6, 6.07) is 1.56. The summed E-state index contributed by atoms with van der Waals surface area (Å²) >= 11 is 0. The Labute approximate surface area is 119 Å². The van der Waals surface area contributed by atoms with E-state index in [1.165, 1.54) is 6.20 Å². The molecule has 0 spiro atoms. The van der Waals surface area contributed by atoms with Crippen LogP contribution in [0, 0.1) is 0 Å². The van der Waals surface area contributed by atoms with Crippen LogP contribution in [0.25, 0.3) is 0 Å². The van der Waals surface area contributed by atoms with Gasteiger partial charge in [0.05, 0.1) is 11.2 Å². The van der Waals surface area contributed by atoms with E-state index in [9.17, 15) is 8.42 Å². The maximum absolute atomic E-state index is 11.9. The molecule has 0 aliphatic carbocycles. The van der Waals surface area contributed by atoms with Crippen LogP contribution in [0.5, 0.6) is 0 Å². The molecule has 0 saturated carbocycles.